The second-order valence-corrected chi connectivity index (χ2v) is 7.91. The van der Waals surface area contributed by atoms with Gasteiger partial charge in [0.1, 0.15) is 6.54 Å². The lowest BCUT2D eigenvalue weighted by Crippen LogP contribution is -2.66. The van der Waals surface area contributed by atoms with E-state index in [1.807, 2.05) is 23.6 Å². The molecular weight excluding hydrogens is 318 g/mol. The van der Waals surface area contributed by atoms with Crippen molar-refractivity contribution in [2.75, 3.05) is 33.7 Å². The minimum Gasteiger partial charge on any atom is -0.354 e. The highest BCUT2D eigenvalue weighted by Crippen LogP contribution is 2.24. The Hall–Kier alpha value is -1.79. The van der Waals surface area contributed by atoms with Gasteiger partial charge < -0.3 is 20.0 Å². The number of rotatable bonds is 5. The Bertz CT molecular complexity index is 514. The largest absolute Gasteiger partial charge is 0.354 e. The number of piperazine rings is 1. The van der Waals surface area contributed by atoms with E-state index >= 15 is 0 Å². The number of nitrogens with zero attached hydrogens (tertiary/aromatic N) is 4. The maximum atomic E-state index is 12.7. The van der Waals surface area contributed by atoms with Gasteiger partial charge in [-0.25, -0.2) is 4.99 Å². The Morgan fingerprint density at radius 1 is 1.32 bits per heavy atom. The zero-order valence-corrected chi connectivity index (χ0v) is 17.1. The topological polar surface area (TPSA) is 68.2 Å². The van der Waals surface area contributed by atoms with Gasteiger partial charge in [0.2, 0.25) is 11.8 Å². The Labute approximate surface area is 152 Å². The quantitative estimate of drug-likeness (QED) is 0.595. The van der Waals surface area contributed by atoms with Crippen LogP contribution < -0.4 is 5.32 Å². The van der Waals surface area contributed by atoms with Crippen LogP contribution in [0.15, 0.2) is 4.99 Å². The predicted molar refractivity (Wildman–Crippen MR) is 102 cm³/mol. The van der Waals surface area contributed by atoms with Crippen molar-refractivity contribution < 1.29 is 9.59 Å². The molecule has 1 atom stereocenters. The first-order valence-electron chi connectivity index (χ1n) is 9.07. The molecule has 0 radical (unpaired) electrons. The summed E-state index contributed by atoms with van der Waals surface area (Å²) in [6, 6.07) is 0.373. The van der Waals surface area contributed by atoms with Crippen LogP contribution >= 0.6 is 0 Å². The van der Waals surface area contributed by atoms with Crippen LogP contribution in [0.2, 0.25) is 0 Å². The van der Waals surface area contributed by atoms with Gasteiger partial charge in [-0.15, -0.1) is 0 Å². The first kappa shape index (κ1) is 21.3. The summed E-state index contributed by atoms with van der Waals surface area (Å²) in [6.45, 7) is 13.4. The third kappa shape index (κ3) is 5.61. The summed E-state index contributed by atoms with van der Waals surface area (Å²) in [5.41, 5.74) is -0.299. The lowest BCUT2D eigenvalue weighted by Gasteiger charge is -2.49. The van der Waals surface area contributed by atoms with Gasteiger partial charge in [-0.05, 0) is 41.0 Å². The van der Waals surface area contributed by atoms with Crippen molar-refractivity contribution in [1.29, 1.82) is 0 Å². The van der Waals surface area contributed by atoms with Crippen LogP contribution in [0.4, 0.5) is 0 Å². The number of carbonyl (C=O) groups excluding carboxylic acids is 2. The molecule has 1 N–H and O–H groups in total. The van der Waals surface area contributed by atoms with Gasteiger partial charge in [0.05, 0.1) is 12.1 Å². The van der Waals surface area contributed by atoms with Crippen molar-refractivity contribution in [2.24, 2.45) is 4.99 Å². The number of hydrogen-bond donors (Lipinski definition) is 1. The fourth-order valence-electron chi connectivity index (χ4n) is 3.16. The summed E-state index contributed by atoms with van der Waals surface area (Å²) >= 11 is 0. The second kappa shape index (κ2) is 8.54. The van der Waals surface area contributed by atoms with Crippen LogP contribution in [0.5, 0.6) is 0 Å². The van der Waals surface area contributed by atoms with Crippen molar-refractivity contribution in [1.82, 2.24) is 20.0 Å². The Kier molecular flexibility index (Phi) is 7.26. The third-order valence-electron chi connectivity index (χ3n) is 4.49. The first-order valence-corrected chi connectivity index (χ1v) is 9.07. The van der Waals surface area contributed by atoms with E-state index in [0.29, 0.717) is 12.5 Å². The van der Waals surface area contributed by atoms with Crippen LogP contribution in [0.1, 0.15) is 48.0 Å². The van der Waals surface area contributed by atoms with Gasteiger partial charge >= 0.3 is 0 Å². The summed E-state index contributed by atoms with van der Waals surface area (Å²) < 4.78 is 0. The van der Waals surface area contributed by atoms with Gasteiger partial charge in [-0.3, -0.25) is 9.59 Å². The SMILES string of the molecule is CCC(C)NC(=NCC(=O)N(C)C)N1CC(=O)N(C(C)C)C(C)(C)C1. The van der Waals surface area contributed by atoms with Crippen LogP contribution in [0, 0.1) is 0 Å². The molecule has 0 bridgehead atoms. The molecule has 0 saturated carbocycles. The molecule has 1 heterocycles. The van der Waals surface area contributed by atoms with E-state index in [-0.39, 0.29) is 42.5 Å². The van der Waals surface area contributed by atoms with Gasteiger partial charge in [-0.2, -0.15) is 0 Å². The fraction of sp³-hybridized carbons (Fsp3) is 0.833. The Morgan fingerprint density at radius 3 is 2.36 bits per heavy atom. The van der Waals surface area contributed by atoms with Crippen LogP contribution in [0.25, 0.3) is 0 Å². The lowest BCUT2D eigenvalue weighted by atomic mass is 9.96. The minimum absolute atomic E-state index is 0.0603. The zero-order chi connectivity index (χ0) is 19.4. The van der Waals surface area contributed by atoms with E-state index in [9.17, 15) is 9.59 Å². The maximum Gasteiger partial charge on any atom is 0.243 e. The lowest BCUT2D eigenvalue weighted by molar-refractivity contribution is -0.145. The third-order valence-corrected chi connectivity index (χ3v) is 4.49. The van der Waals surface area contributed by atoms with Gasteiger partial charge in [0, 0.05) is 32.7 Å². The van der Waals surface area contributed by atoms with Crippen LogP contribution in [-0.4, -0.2) is 83.8 Å². The molecule has 0 aromatic carbocycles. The average molecular weight is 354 g/mol. The number of guanidine groups is 1. The molecule has 2 amide bonds. The monoisotopic (exact) mass is 353 g/mol. The normalized spacial score (nSPS) is 19.2. The van der Waals surface area contributed by atoms with Crippen molar-refractivity contribution in [3.63, 3.8) is 0 Å². The van der Waals surface area contributed by atoms with Crippen LogP contribution in [-0.2, 0) is 9.59 Å². The summed E-state index contributed by atoms with van der Waals surface area (Å²) in [4.78, 5) is 34.5. The highest BCUT2D eigenvalue weighted by Gasteiger charge is 2.40. The summed E-state index contributed by atoms with van der Waals surface area (Å²) in [5.74, 6) is 0.660. The highest BCUT2D eigenvalue weighted by molar-refractivity contribution is 5.90. The molecule has 0 aromatic rings. The first-order chi connectivity index (χ1) is 11.5. The van der Waals surface area contributed by atoms with E-state index in [1.165, 1.54) is 4.90 Å². The molecule has 1 unspecified atom stereocenters. The molecule has 0 aromatic heterocycles. The maximum absolute atomic E-state index is 12.7. The molecule has 1 aliphatic heterocycles. The molecule has 1 aliphatic rings. The van der Waals surface area contributed by atoms with Crippen molar-refractivity contribution in [3.05, 3.63) is 0 Å². The second-order valence-electron chi connectivity index (χ2n) is 7.91. The van der Waals surface area contributed by atoms with E-state index in [2.05, 4.69) is 38.0 Å². The molecule has 1 saturated heterocycles. The van der Waals surface area contributed by atoms with E-state index < -0.39 is 0 Å². The fourth-order valence-corrected chi connectivity index (χ4v) is 3.16. The summed E-state index contributed by atoms with van der Waals surface area (Å²) in [7, 11) is 3.43. The van der Waals surface area contributed by atoms with Gasteiger partial charge in [0.25, 0.3) is 0 Å². The average Bonchev–Trinajstić information content (AvgIpc) is 2.48. The Morgan fingerprint density at radius 2 is 1.92 bits per heavy atom. The summed E-state index contributed by atoms with van der Waals surface area (Å²) in [5, 5.41) is 3.37. The minimum atomic E-state index is -0.299. The smallest absolute Gasteiger partial charge is 0.243 e. The molecular formula is C18H35N5O2. The standard InChI is InChI=1S/C18H35N5O2/c1-9-14(4)20-17(19-10-15(24)21(7)8)22-11-16(25)23(13(2)3)18(5,6)12-22/h13-14H,9-12H2,1-8H3,(H,19,20). The molecule has 0 spiro atoms. The molecule has 0 aliphatic carbocycles. The molecule has 144 valence electrons. The molecule has 25 heavy (non-hydrogen) atoms. The van der Waals surface area contributed by atoms with Crippen molar-refractivity contribution >= 4 is 17.8 Å². The molecule has 1 fully saturated rings. The number of likely N-dealkylation sites (N-methyl/N-ethyl adjacent to an activating group) is 1. The number of carbonyl (C=O) groups is 2. The predicted octanol–water partition coefficient (Wildman–Crippen LogP) is 1.15. The molecule has 7 heteroatoms. The van der Waals surface area contributed by atoms with Gasteiger partial charge in [0.15, 0.2) is 5.96 Å². The van der Waals surface area contributed by atoms with Crippen molar-refractivity contribution in [3.8, 4) is 0 Å². The van der Waals surface area contributed by atoms with Crippen LogP contribution in [0.3, 0.4) is 0 Å². The van der Waals surface area contributed by atoms with Crippen molar-refractivity contribution in [2.45, 2.75) is 65.6 Å². The number of aliphatic imine (C=N–C) groups is 1. The highest BCUT2D eigenvalue weighted by atomic mass is 16.2. The van der Waals surface area contributed by atoms with E-state index in [1.54, 1.807) is 14.1 Å². The molecule has 7 nitrogen and oxygen atoms in total. The van der Waals surface area contributed by atoms with Gasteiger partial charge in [-0.1, -0.05) is 6.92 Å². The number of amides is 2. The zero-order valence-electron chi connectivity index (χ0n) is 17.1. The summed E-state index contributed by atoms with van der Waals surface area (Å²) in [6.07, 6.45) is 0.934. The van der Waals surface area contributed by atoms with E-state index in [0.717, 1.165) is 6.42 Å². The van der Waals surface area contributed by atoms with E-state index in [4.69, 9.17) is 0 Å². The Balaban J connectivity index is 3.04. The molecule has 1 rings (SSSR count). The number of nitrogens with one attached hydrogen (secondary N) is 1. The number of hydrogen-bond acceptors (Lipinski definition) is 3.